The van der Waals surface area contributed by atoms with Crippen LogP contribution < -0.4 is 5.73 Å². The van der Waals surface area contributed by atoms with Crippen LogP contribution in [-0.4, -0.2) is 24.0 Å². The molecular formula is C18H24N2S. The molecule has 1 aromatic carbocycles. The van der Waals surface area contributed by atoms with E-state index < -0.39 is 0 Å². The molecule has 1 aliphatic carbocycles. The van der Waals surface area contributed by atoms with E-state index in [1.807, 2.05) is 11.3 Å². The molecule has 2 aromatic rings. The number of piperidine rings is 1. The van der Waals surface area contributed by atoms with Crippen LogP contribution in [0.1, 0.15) is 43.7 Å². The van der Waals surface area contributed by atoms with Gasteiger partial charge in [0.15, 0.2) is 0 Å². The van der Waals surface area contributed by atoms with Crippen molar-refractivity contribution in [3.8, 4) is 0 Å². The van der Waals surface area contributed by atoms with Crippen molar-refractivity contribution < 1.29 is 0 Å². The van der Waals surface area contributed by atoms with E-state index in [0.717, 1.165) is 18.5 Å². The number of thiophene rings is 1. The van der Waals surface area contributed by atoms with E-state index in [1.54, 1.807) is 0 Å². The van der Waals surface area contributed by atoms with E-state index in [4.69, 9.17) is 5.73 Å². The average molecular weight is 300 g/mol. The van der Waals surface area contributed by atoms with Gasteiger partial charge in [-0.15, -0.1) is 11.3 Å². The molecule has 2 nitrogen and oxygen atoms in total. The van der Waals surface area contributed by atoms with E-state index in [2.05, 4.69) is 34.5 Å². The zero-order valence-corrected chi connectivity index (χ0v) is 13.3. The molecule has 1 aliphatic heterocycles. The molecule has 3 unspecified atom stereocenters. The van der Waals surface area contributed by atoms with Gasteiger partial charge in [-0.25, -0.2) is 0 Å². The number of nitrogens with two attached hydrogens (primary N) is 1. The number of likely N-dealkylation sites (tertiary alicyclic amines) is 1. The fourth-order valence-corrected chi connectivity index (χ4v) is 5.58. The Hall–Kier alpha value is -0.900. The topological polar surface area (TPSA) is 29.3 Å². The van der Waals surface area contributed by atoms with Crippen molar-refractivity contribution in [1.82, 2.24) is 4.90 Å². The molecule has 0 amide bonds. The molecule has 2 fully saturated rings. The quantitative estimate of drug-likeness (QED) is 0.922. The average Bonchev–Trinajstić information content (AvgIpc) is 3.15. The Labute approximate surface area is 130 Å². The van der Waals surface area contributed by atoms with Gasteiger partial charge in [-0.05, 0) is 60.5 Å². The zero-order valence-electron chi connectivity index (χ0n) is 12.5. The number of hydrogen-bond donors (Lipinski definition) is 1. The minimum Gasteiger partial charge on any atom is -0.329 e. The summed E-state index contributed by atoms with van der Waals surface area (Å²) < 4.78 is 1.39. The maximum absolute atomic E-state index is 6.23. The number of benzene rings is 1. The lowest BCUT2D eigenvalue weighted by Crippen LogP contribution is -2.46. The first-order chi connectivity index (χ1) is 10.4. The lowest BCUT2D eigenvalue weighted by molar-refractivity contribution is 0.0709. The van der Waals surface area contributed by atoms with Crippen LogP contribution in [0.5, 0.6) is 0 Å². The van der Waals surface area contributed by atoms with Crippen LogP contribution in [0.15, 0.2) is 29.6 Å². The lowest BCUT2D eigenvalue weighted by atomic mass is 9.89. The summed E-state index contributed by atoms with van der Waals surface area (Å²) in [5.74, 6) is 0.928. The molecule has 0 bridgehead atoms. The van der Waals surface area contributed by atoms with Crippen LogP contribution in [0.4, 0.5) is 0 Å². The van der Waals surface area contributed by atoms with Gasteiger partial charge >= 0.3 is 0 Å². The molecule has 2 aliphatic rings. The Morgan fingerprint density at radius 2 is 2.05 bits per heavy atom. The molecule has 1 aromatic heterocycles. The predicted molar refractivity (Wildman–Crippen MR) is 90.7 cm³/mol. The normalized spacial score (nSPS) is 27.9. The predicted octanol–water partition coefficient (Wildman–Crippen LogP) is 4.17. The molecule has 112 valence electrons. The molecule has 0 radical (unpaired) electrons. The van der Waals surface area contributed by atoms with Crippen molar-refractivity contribution in [3.05, 3.63) is 35.2 Å². The molecule has 0 spiro atoms. The van der Waals surface area contributed by atoms with Crippen molar-refractivity contribution in [2.24, 2.45) is 11.7 Å². The molecular weight excluding hydrogens is 276 g/mol. The summed E-state index contributed by atoms with van der Waals surface area (Å²) >= 11 is 1.86. The standard InChI is InChI=1S/C18H24N2S/c19-11-17(15-12-21-18-9-2-1-7-14(15)18)20-10-4-6-13-5-3-8-16(13)20/h1-2,7,9,12-13,16-17H,3-6,8,10-11,19H2. The molecule has 1 saturated heterocycles. The highest BCUT2D eigenvalue weighted by atomic mass is 32.1. The van der Waals surface area contributed by atoms with Gasteiger partial charge in [0.25, 0.3) is 0 Å². The van der Waals surface area contributed by atoms with Crippen molar-refractivity contribution in [3.63, 3.8) is 0 Å². The van der Waals surface area contributed by atoms with Crippen molar-refractivity contribution in [2.75, 3.05) is 13.1 Å². The second-order valence-corrected chi connectivity index (χ2v) is 7.49. The second kappa shape index (κ2) is 5.71. The SMILES string of the molecule is NCC(c1csc2ccccc12)N1CCCC2CCCC21. The van der Waals surface area contributed by atoms with Crippen molar-refractivity contribution in [1.29, 1.82) is 0 Å². The summed E-state index contributed by atoms with van der Waals surface area (Å²) in [7, 11) is 0. The van der Waals surface area contributed by atoms with Crippen LogP contribution >= 0.6 is 11.3 Å². The molecule has 4 rings (SSSR count). The number of rotatable bonds is 3. The summed E-state index contributed by atoms with van der Waals surface area (Å²) in [5, 5.41) is 3.76. The summed E-state index contributed by atoms with van der Waals surface area (Å²) in [6, 6.07) is 9.97. The molecule has 1 saturated carbocycles. The van der Waals surface area contributed by atoms with E-state index in [0.29, 0.717) is 6.04 Å². The summed E-state index contributed by atoms with van der Waals surface area (Å²) in [5.41, 5.74) is 7.70. The summed E-state index contributed by atoms with van der Waals surface area (Å²) in [6.07, 6.45) is 7.00. The third kappa shape index (κ3) is 2.32. The van der Waals surface area contributed by atoms with E-state index in [1.165, 1.54) is 54.3 Å². The Bertz CT molecular complexity index is 620. The van der Waals surface area contributed by atoms with Crippen molar-refractivity contribution in [2.45, 2.75) is 44.2 Å². The van der Waals surface area contributed by atoms with Gasteiger partial charge in [0, 0.05) is 23.3 Å². The van der Waals surface area contributed by atoms with Crippen LogP contribution in [0.25, 0.3) is 10.1 Å². The smallest absolute Gasteiger partial charge is 0.0487 e. The molecule has 2 heterocycles. The Kier molecular flexibility index (Phi) is 3.74. The molecule has 2 N–H and O–H groups in total. The Morgan fingerprint density at radius 1 is 1.19 bits per heavy atom. The van der Waals surface area contributed by atoms with E-state index in [-0.39, 0.29) is 0 Å². The van der Waals surface area contributed by atoms with E-state index >= 15 is 0 Å². The van der Waals surface area contributed by atoms with Gasteiger partial charge in [-0.1, -0.05) is 24.6 Å². The first-order valence-corrected chi connectivity index (χ1v) is 9.18. The number of fused-ring (bicyclic) bond motifs is 2. The molecule has 21 heavy (non-hydrogen) atoms. The third-order valence-corrected chi connectivity index (χ3v) is 6.51. The minimum absolute atomic E-state index is 0.409. The van der Waals surface area contributed by atoms with E-state index in [9.17, 15) is 0 Å². The van der Waals surface area contributed by atoms with Gasteiger partial charge in [0.2, 0.25) is 0 Å². The maximum Gasteiger partial charge on any atom is 0.0487 e. The molecule has 3 heteroatoms. The van der Waals surface area contributed by atoms with Gasteiger partial charge in [-0.2, -0.15) is 0 Å². The van der Waals surface area contributed by atoms with Gasteiger partial charge in [0.05, 0.1) is 0 Å². The highest BCUT2D eigenvalue weighted by molar-refractivity contribution is 7.17. The molecule has 3 atom stereocenters. The zero-order chi connectivity index (χ0) is 14.2. The summed E-state index contributed by atoms with van der Waals surface area (Å²) in [6.45, 7) is 1.97. The second-order valence-electron chi connectivity index (χ2n) is 6.58. The third-order valence-electron chi connectivity index (χ3n) is 5.53. The van der Waals surface area contributed by atoms with Crippen molar-refractivity contribution >= 4 is 21.4 Å². The highest BCUT2D eigenvalue weighted by Crippen LogP contribution is 2.42. The van der Waals surface area contributed by atoms with Crippen LogP contribution in [0.3, 0.4) is 0 Å². The monoisotopic (exact) mass is 300 g/mol. The minimum atomic E-state index is 0.409. The Balaban J connectivity index is 1.70. The number of hydrogen-bond acceptors (Lipinski definition) is 3. The highest BCUT2D eigenvalue weighted by Gasteiger charge is 2.38. The fourth-order valence-electron chi connectivity index (χ4n) is 4.58. The van der Waals surface area contributed by atoms with Crippen LogP contribution in [-0.2, 0) is 0 Å². The van der Waals surface area contributed by atoms with Gasteiger partial charge in [-0.3, -0.25) is 4.90 Å². The maximum atomic E-state index is 6.23. The first kappa shape index (κ1) is 13.7. The lowest BCUT2D eigenvalue weighted by Gasteiger charge is -2.42. The summed E-state index contributed by atoms with van der Waals surface area (Å²) in [4.78, 5) is 2.75. The largest absolute Gasteiger partial charge is 0.329 e. The van der Waals surface area contributed by atoms with Crippen LogP contribution in [0, 0.1) is 5.92 Å². The fraction of sp³-hybridized carbons (Fsp3) is 0.556. The first-order valence-electron chi connectivity index (χ1n) is 8.30. The Morgan fingerprint density at radius 3 is 2.95 bits per heavy atom. The van der Waals surface area contributed by atoms with Crippen LogP contribution in [0.2, 0.25) is 0 Å². The number of nitrogens with zero attached hydrogens (tertiary/aromatic N) is 1. The van der Waals surface area contributed by atoms with Gasteiger partial charge in [0.1, 0.15) is 0 Å². The van der Waals surface area contributed by atoms with Gasteiger partial charge < -0.3 is 5.73 Å².